The number of anilines is 1. The highest BCUT2D eigenvalue weighted by molar-refractivity contribution is 9.10. The molecule has 2 aliphatic rings. The number of fused-ring (bicyclic) bond motifs is 2. The molecule has 0 aromatic heterocycles. The summed E-state index contributed by atoms with van der Waals surface area (Å²) in [5, 5.41) is 0. The van der Waals surface area contributed by atoms with Gasteiger partial charge in [-0.1, -0.05) is 34.1 Å². The van der Waals surface area contributed by atoms with E-state index in [-0.39, 0.29) is 10.2 Å². The van der Waals surface area contributed by atoms with Crippen LogP contribution in [-0.2, 0) is 9.58 Å². The highest BCUT2D eigenvalue weighted by Gasteiger charge is 2.61. The van der Waals surface area contributed by atoms with Crippen molar-refractivity contribution in [3.05, 3.63) is 58.6 Å². The molecule has 1 spiro atoms. The fourth-order valence-corrected chi connectivity index (χ4v) is 4.23. The maximum Gasteiger partial charge on any atom is 0.151 e. The molecule has 108 valence electrons. The van der Waals surface area contributed by atoms with Crippen LogP contribution in [0.4, 0.5) is 5.69 Å². The molecule has 2 heterocycles. The molecule has 2 unspecified atom stereocenters. The van der Waals surface area contributed by atoms with Gasteiger partial charge in [0.2, 0.25) is 0 Å². The Balaban J connectivity index is 1.52. The largest absolute Gasteiger partial charge is 0.493 e. The molecule has 0 radical (unpaired) electrons. The van der Waals surface area contributed by atoms with E-state index in [0.717, 1.165) is 28.9 Å². The Morgan fingerprint density at radius 1 is 1.24 bits per heavy atom. The van der Waals surface area contributed by atoms with Crippen molar-refractivity contribution < 1.29 is 9.57 Å². The summed E-state index contributed by atoms with van der Waals surface area (Å²) in [7, 11) is 0. The third kappa shape index (κ3) is 2.43. The lowest BCUT2D eigenvalue weighted by molar-refractivity contribution is 0.145. The van der Waals surface area contributed by atoms with Gasteiger partial charge in [0.05, 0.1) is 17.0 Å². The second-order valence-corrected chi connectivity index (χ2v) is 7.47. The topological polar surface area (TPSA) is 30.5 Å². The Morgan fingerprint density at radius 3 is 2.95 bits per heavy atom. The fourth-order valence-electron chi connectivity index (χ4n) is 2.68. The molecule has 2 aromatic rings. The summed E-state index contributed by atoms with van der Waals surface area (Å²) in [6.07, 6.45) is 0.974. The van der Waals surface area contributed by atoms with Gasteiger partial charge in [-0.15, -0.1) is 11.8 Å². The minimum absolute atomic E-state index is 0.0269. The average Bonchev–Trinajstić information content (AvgIpc) is 3.21. The fraction of sp³-hybridized carbons (Fsp3) is 0.250. The molecule has 3 nitrogen and oxygen atoms in total. The third-order valence-corrected chi connectivity index (χ3v) is 5.84. The molecule has 0 saturated carbocycles. The van der Waals surface area contributed by atoms with Crippen LogP contribution >= 0.6 is 27.7 Å². The van der Waals surface area contributed by atoms with Crippen molar-refractivity contribution >= 4 is 33.4 Å². The molecule has 0 amide bonds. The van der Waals surface area contributed by atoms with E-state index in [1.807, 2.05) is 54.2 Å². The number of halogens is 1. The van der Waals surface area contributed by atoms with Crippen molar-refractivity contribution in [3.63, 3.8) is 0 Å². The van der Waals surface area contributed by atoms with Crippen molar-refractivity contribution in [3.8, 4) is 5.75 Å². The summed E-state index contributed by atoms with van der Waals surface area (Å²) < 4.78 is 6.86. The van der Waals surface area contributed by atoms with Gasteiger partial charge < -0.3 is 4.74 Å². The van der Waals surface area contributed by atoms with E-state index in [1.165, 1.54) is 5.56 Å². The van der Waals surface area contributed by atoms with Crippen LogP contribution in [0.15, 0.2) is 53.0 Å². The number of thioether (sulfide) groups is 1. The summed E-state index contributed by atoms with van der Waals surface area (Å²) in [4.78, 5) is 5.87. The van der Waals surface area contributed by atoms with Crippen molar-refractivity contribution in [2.24, 2.45) is 0 Å². The summed E-state index contributed by atoms with van der Waals surface area (Å²) in [6.45, 7) is 0.743. The van der Waals surface area contributed by atoms with Gasteiger partial charge in [-0.25, -0.2) is 0 Å². The van der Waals surface area contributed by atoms with Crippen LogP contribution in [0.3, 0.4) is 0 Å². The first-order valence-electron chi connectivity index (χ1n) is 6.85. The lowest BCUT2D eigenvalue weighted by atomic mass is 9.94. The molecule has 2 aliphatic heterocycles. The van der Waals surface area contributed by atoms with E-state index < -0.39 is 0 Å². The number of hydrogen-bond acceptors (Lipinski definition) is 4. The number of benzene rings is 2. The Kier molecular flexibility index (Phi) is 3.36. The van der Waals surface area contributed by atoms with Crippen molar-refractivity contribution in [2.75, 3.05) is 12.1 Å². The lowest BCUT2D eigenvalue weighted by Crippen LogP contribution is -2.25. The first kappa shape index (κ1) is 13.5. The van der Waals surface area contributed by atoms with E-state index in [1.54, 1.807) is 0 Å². The predicted molar refractivity (Wildman–Crippen MR) is 88.5 cm³/mol. The quantitative estimate of drug-likeness (QED) is 0.640. The molecule has 1 N–H and O–H groups in total. The molecule has 1 saturated heterocycles. The summed E-state index contributed by atoms with van der Waals surface area (Å²) in [5.74, 6) is 0.975. The monoisotopic (exact) mass is 363 g/mol. The summed E-state index contributed by atoms with van der Waals surface area (Å²) in [5.41, 5.74) is 5.37. The molecule has 5 heteroatoms. The molecular weight excluding hydrogens is 350 g/mol. The van der Waals surface area contributed by atoms with Crippen LogP contribution in [0.2, 0.25) is 0 Å². The van der Waals surface area contributed by atoms with E-state index in [2.05, 4.69) is 27.5 Å². The maximum atomic E-state index is 5.87. The SMILES string of the molecule is Brc1ccc2c(c1)C1(CCO2)SC1ONc1ccccc1. The molecule has 2 atom stereocenters. The second kappa shape index (κ2) is 5.23. The molecule has 4 rings (SSSR count). The normalized spacial score (nSPS) is 26.0. The Morgan fingerprint density at radius 2 is 2.10 bits per heavy atom. The standard InChI is InChI=1S/C16H14BrNO2S/c17-11-6-7-14-13(10-11)16(8-9-19-14)15(21-16)20-18-12-4-2-1-3-5-12/h1-7,10,15,18H,8-9H2. The maximum absolute atomic E-state index is 5.87. The minimum atomic E-state index is 0.0269. The van der Waals surface area contributed by atoms with E-state index in [9.17, 15) is 0 Å². The number of nitrogens with one attached hydrogen (secondary N) is 1. The molecule has 0 bridgehead atoms. The number of para-hydroxylation sites is 1. The average molecular weight is 364 g/mol. The van der Waals surface area contributed by atoms with Gasteiger partial charge in [0.15, 0.2) is 5.44 Å². The first-order chi connectivity index (χ1) is 10.3. The third-order valence-electron chi connectivity index (χ3n) is 3.83. The van der Waals surface area contributed by atoms with Crippen molar-refractivity contribution in [1.29, 1.82) is 0 Å². The van der Waals surface area contributed by atoms with Crippen LogP contribution in [0.25, 0.3) is 0 Å². The molecule has 21 heavy (non-hydrogen) atoms. The molecule has 0 aliphatic carbocycles. The molecule has 2 aromatic carbocycles. The Hall–Kier alpha value is -1.17. The smallest absolute Gasteiger partial charge is 0.151 e. The zero-order valence-corrected chi connectivity index (χ0v) is 13.6. The van der Waals surface area contributed by atoms with Gasteiger partial charge in [0, 0.05) is 16.5 Å². The number of rotatable bonds is 3. The van der Waals surface area contributed by atoms with Crippen LogP contribution in [0.1, 0.15) is 12.0 Å². The van der Waals surface area contributed by atoms with E-state index in [4.69, 9.17) is 9.57 Å². The highest BCUT2D eigenvalue weighted by atomic mass is 79.9. The summed E-state index contributed by atoms with van der Waals surface area (Å²) in [6, 6.07) is 16.1. The Bertz CT molecular complexity index is 667. The van der Waals surface area contributed by atoms with Gasteiger partial charge in [-0.2, -0.15) is 0 Å². The van der Waals surface area contributed by atoms with Gasteiger partial charge in [0.1, 0.15) is 5.75 Å². The molecular formula is C16H14BrNO2S. The molecule has 1 fully saturated rings. The highest BCUT2D eigenvalue weighted by Crippen LogP contribution is 2.66. The van der Waals surface area contributed by atoms with Gasteiger partial charge in [-0.05, 0) is 30.3 Å². The number of hydrogen-bond donors (Lipinski definition) is 1. The lowest BCUT2D eigenvalue weighted by Gasteiger charge is -2.25. The van der Waals surface area contributed by atoms with Crippen LogP contribution < -0.4 is 10.2 Å². The number of ether oxygens (including phenoxy) is 1. The van der Waals surface area contributed by atoms with Crippen LogP contribution in [-0.4, -0.2) is 12.0 Å². The first-order valence-corrected chi connectivity index (χ1v) is 8.53. The van der Waals surface area contributed by atoms with Crippen molar-refractivity contribution in [1.82, 2.24) is 0 Å². The predicted octanol–water partition coefficient (Wildman–Crippen LogP) is 4.54. The van der Waals surface area contributed by atoms with E-state index in [0.29, 0.717) is 0 Å². The van der Waals surface area contributed by atoms with Crippen LogP contribution in [0, 0.1) is 0 Å². The second-order valence-electron chi connectivity index (χ2n) is 5.16. The Labute approximate surface area is 136 Å². The van der Waals surface area contributed by atoms with E-state index >= 15 is 0 Å². The summed E-state index contributed by atoms with van der Waals surface area (Å²) >= 11 is 5.39. The van der Waals surface area contributed by atoms with Gasteiger partial charge >= 0.3 is 0 Å². The van der Waals surface area contributed by atoms with Gasteiger partial charge in [0.25, 0.3) is 0 Å². The van der Waals surface area contributed by atoms with Crippen molar-refractivity contribution in [2.45, 2.75) is 16.6 Å². The van der Waals surface area contributed by atoms with Crippen LogP contribution in [0.5, 0.6) is 5.75 Å². The minimum Gasteiger partial charge on any atom is -0.493 e. The zero-order chi connectivity index (χ0) is 14.3. The van der Waals surface area contributed by atoms with Gasteiger partial charge in [-0.3, -0.25) is 10.3 Å². The zero-order valence-electron chi connectivity index (χ0n) is 11.2.